The average molecular weight is 636 g/mol. The number of fused-ring (bicyclic) bond motifs is 1. The minimum atomic E-state index is 0. The first kappa shape index (κ1) is 22.4. The first-order valence-electron chi connectivity index (χ1n) is 10.7. The van der Waals surface area contributed by atoms with Gasteiger partial charge in [0, 0.05) is 36.7 Å². The van der Waals surface area contributed by atoms with E-state index < -0.39 is 0 Å². The summed E-state index contributed by atoms with van der Waals surface area (Å²) in [7, 11) is 0. The molecule has 2 heterocycles. The molecule has 2 aromatic heterocycles. The van der Waals surface area contributed by atoms with E-state index in [2.05, 4.69) is 83.8 Å². The molecule has 0 aliphatic rings. The minimum Gasteiger partial charge on any atom is -0.290 e. The van der Waals surface area contributed by atoms with Crippen LogP contribution in [0.4, 0.5) is 0 Å². The minimum absolute atomic E-state index is 0. The molecule has 0 bridgehead atoms. The quantitative estimate of drug-likeness (QED) is 0.196. The van der Waals surface area contributed by atoms with Gasteiger partial charge in [0.2, 0.25) is 0 Å². The summed E-state index contributed by atoms with van der Waals surface area (Å²) in [4.78, 5) is 9.45. The van der Waals surface area contributed by atoms with Crippen LogP contribution in [0.5, 0.6) is 0 Å². The van der Waals surface area contributed by atoms with Crippen molar-refractivity contribution in [3.8, 4) is 39.3 Å². The molecule has 6 heteroatoms. The fourth-order valence-electron chi connectivity index (χ4n) is 4.22. The predicted octanol–water partition coefficient (Wildman–Crippen LogP) is 6.98. The van der Waals surface area contributed by atoms with Crippen molar-refractivity contribution < 1.29 is 20.1 Å². The molecule has 6 aromatic rings. The van der Waals surface area contributed by atoms with E-state index in [0.29, 0.717) is 0 Å². The number of rotatable bonds is 4. The largest absolute Gasteiger partial charge is 0.290 e. The molecule has 0 unspecified atom stereocenters. The molecule has 0 spiro atoms. The molecule has 6 rings (SSSR count). The predicted molar refractivity (Wildman–Crippen MR) is 134 cm³/mol. The Morgan fingerprint density at radius 3 is 2.09 bits per heavy atom. The molecule has 0 atom stereocenters. The molecule has 0 saturated heterocycles. The van der Waals surface area contributed by atoms with Crippen LogP contribution in [-0.2, 0) is 20.1 Å². The molecule has 4 nitrogen and oxygen atoms in total. The molecule has 1 radical (unpaired) electrons. The van der Waals surface area contributed by atoms with E-state index >= 15 is 0 Å². The van der Waals surface area contributed by atoms with E-state index in [1.807, 2.05) is 29.8 Å². The number of para-hydroxylation sites is 1. The fourth-order valence-corrected chi connectivity index (χ4v) is 5.06. The zero-order valence-electron chi connectivity index (χ0n) is 18.3. The van der Waals surface area contributed by atoms with Crippen LogP contribution in [0.3, 0.4) is 0 Å². The molecule has 0 N–H and O–H groups in total. The maximum Gasteiger partial charge on any atom is 0.127 e. The fraction of sp³-hybridized carbons (Fsp3) is 0.0357. The number of hydrogen-bond donors (Lipinski definition) is 0. The molecule has 34 heavy (non-hydrogen) atoms. The third-order valence-corrected chi connectivity index (χ3v) is 6.58. The van der Waals surface area contributed by atoms with Crippen LogP contribution in [0, 0.1) is 13.0 Å². The number of aromatic nitrogens is 4. The van der Waals surface area contributed by atoms with E-state index in [1.165, 1.54) is 0 Å². The zero-order chi connectivity index (χ0) is 22.2. The molecule has 167 valence electrons. The summed E-state index contributed by atoms with van der Waals surface area (Å²) in [5.74, 6) is 0.728. The Hall–Kier alpha value is -3.44. The second kappa shape index (κ2) is 9.43. The number of aryl methyl sites for hydroxylation is 1. The number of benzene rings is 4. The molecular weight excluding hydrogens is 617 g/mol. The molecule has 4 aromatic carbocycles. The normalized spacial score (nSPS) is 10.9. The van der Waals surface area contributed by atoms with E-state index in [1.54, 1.807) is 17.7 Å². The molecule has 0 aliphatic carbocycles. The maximum absolute atomic E-state index is 4.77. The molecule has 0 amide bonds. The summed E-state index contributed by atoms with van der Waals surface area (Å²) in [6, 6.07) is 34.5. The van der Waals surface area contributed by atoms with E-state index in [0.717, 1.165) is 54.6 Å². The van der Waals surface area contributed by atoms with Gasteiger partial charge in [-0.15, -0.1) is 29.5 Å². The van der Waals surface area contributed by atoms with Gasteiger partial charge >= 0.3 is 0 Å². The Labute approximate surface area is 215 Å². The third-order valence-electron chi connectivity index (χ3n) is 5.65. The van der Waals surface area contributed by atoms with Gasteiger partial charge < -0.3 is 0 Å². The Morgan fingerprint density at radius 1 is 0.794 bits per heavy atom. The SMILES string of the molecule is Cc1nc2c(-c3ncnn3-c3c(-c4ccccc4)cccc3-c3ccccc3)[c-]ccc2s1.[Ir]. The zero-order valence-corrected chi connectivity index (χ0v) is 21.5. The van der Waals surface area contributed by atoms with Crippen molar-refractivity contribution in [2.45, 2.75) is 6.92 Å². The first-order valence-corrected chi connectivity index (χ1v) is 11.5. The first-order chi connectivity index (χ1) is 16.3. The van der Waals surface area contributed by atoms with Gasteiger partial charge in [-0.1, -0.05) is 84.4 Å². The topological polar surface area (TPSA) is 43.6 Å². The molecular formula is C28H19IrN4S-. The van der Waals surface area contributed by atoms with Crippen LogP contribution in [0.1, 0.15) is 5.01 Å². The third kappa shape index (κ3) is 3.90. The van der Waals surface area contributed by atoms with Gasteiger partial charge in [-0.25, -0.2) is 0 Å². The van der Waals surface area contributed by atoms with Gasteiger partial charge in [0.15, 0.2) is 0 Å². The van der Waals surface area contributed by atoms with Crippen LogP contribution < -0.4 is 0 Å². The van der Waals surface area contributed by atoms with Crippen molar-refractivity contribution in [1.29, 1.82) is 0 Å². The van der Waals surface area contributed by atoms with Crippen molar-refractivity contribution >= 4 is 21.6 Å². The van der Waals surface area contributed by atoms with Gasteiger partial charge in [-0.2, -0.15) is 5.10 Å². The molecule has 0 saturated carbocycles. The summed E-state index contributed by atoms with van der Waals surface area (Å²) >= 11 is 1.68. The summed E-state index contributed by atoms with van der Waals surface area (Å²) in [6.45, 7) is 2.03. The standard InChI is InChI=1S/C28H19N4S.Ir/c1-19-31-26-24(16-9-17-25(26)33-19)28-29-18-30-32(28)27-22(20-10-4-2-5-11-20)14-8-15-23(27)21-12-6-3-7-13-21;/h2-15,17-18H,1H3;/q-1;. The van der Waals surface area contributed by atoms with Crippen molar-refractivity contribution in [3.63, 3.8) is 0 Å². The summed E-state index contributed by atoms with van der Waals surface area (Å²) in [5.41, 5.74) is 7.18. The monoisotopic (exact) mass is 636 g/mol. The number of thiazole rings is 1. The molecule has 0 fully saturated rings. The van der Waals surface area contributed by atoms with Crippen molar-refractivity contribution in [2.75, 3.05) is 0 Å². The Bertz CT molecular complexity index is 1510. The van der Waals surface area contributed by atoms with Crippen molar-refractivity contribution in [2.24, 2.45) is 0 Å². The Kier molecular flexibility index (Phi) is 6.20. The van der Waals surface area contributed by atoms with Crippen molar-refractivity contribution in [1.82, 2.24) is 19.7 Å². The van der Waals surface area contributed by atoms with Gasteiger partial charge in [0.25, 0.3) is 0 Å². The number of hydrogen-bond acceptors (Lipinski definition) is 4. The Morgan fingerprint density at radius 2 is 1.44 bits per heavy atom. The maximum atomic E-state index is 4.77. The van der Waals surface area contributed by atoms with Crippen LogP contribution in [0.2, 0.25) is 0 Å². The van der Waals surface area contributed by atoms with Gasteiger partial charge in [0.1, 0.15) is 6.33 Å². The van der Waals surface area contributed by atoms with E-state index in [9.17, 15) is 0 Å². The summed E-state index contributed by atoms with van der Waals surface area (Å²) in [6.07, 6.45) is 1.61. The van der Waals surface area contributed by atoms with Crippen LogP contribution >= 0.6 is 11.3 Å². The average Bonchev–Trinajstić information content (AvgIpc) is 3.50. The Balaban J connectivity index is 0.00000241. The summed E-state index contributed by atoms with van der Waals surface area (Å²) < 4.78 is 3.06. The van der Waals surface area contributed by atoms with Gasteiger partial charge in [-0.05, 0) is 22.8 Å². The number of nitrogens with zero attached hydrogens (tertiary/aromatic N) is 4. The second-order valence-corrected chi connectivity index (χ2v) is 8.96. The van der Waals surface area contributed by atoms with Gasteiger partial charge in [-0.3, -0.25) is 14.6 Å². The van der Waals surface area contributed by atoms with Crippen LogP contribution in [0.15, 0.2) is 97.3 Å². The van der Waals surface area contributed by atoms with Crippen LogP contribution in [0.25, 0.3) is 49.5 Å². The summed E-state index contributed by atoms with van der Waals surface area (Å²) in [5, 5.41) is 5.73. The van der Waals surface area contributed by atoms with Crippen molar-refractivity contribution in [3.05, 3.63) is 108 Å². The smallest absolute Gasteiger partial charge is 0.127 e. The van der Waals surface area contributed by atoms with Gasteiger partial charge in [0.05, 0.1) is 16.5 Å². The van der Waals surface area contributed by atoms with E-state index in [-0.39, 0.29) is 20.1 Å². The molecule has 0 aliphatic heterocycles. The van der Waals surface area contributed by atoms with Crippen LogP contribution in [-0.4, -0.2) is 19.7 Å². The van der Waals surface area contributed by atoms with E-state index in [4.69, 9.17) is 10.1 Å². The second-order valence-electron chi connectivity index (χ2n) is 7.73.